The number of aliphatic hydroxyl groups excluding tert-OH is 1. The van der Waals surface area contributed by atoms with Crippen molar-refractivity contribution in [2.45, 2.75) is 58.0 Å². The van der Waals surface area contributed by atoms with Crippen LogP contribution in [0.4, 0.5) is 0 Å². The number of fused-ring (bicyclic) bond motifs is 1. The summed E-state index contributed by atoms with van der Waals surface area (Å²) in [4.78, 5) is 0. The fraction of sp³-hybridized carbons (Fsp3) is 0.600. The maximum Gasteiger partial charge on any atom is 0.0639 e. The van der Waals surface area contributed by atoms with Gasteiger partial charge in [0.1, 0.15) is 0 Å². The predicted octanol–water partition coefficient (Wildman–Crippen LogP) is 3.31. The molecule has 1 aliphatic carbocycles. The zero-order valence-corrected chi connectivity index (χ0v) is 11.0. The summed E-state index contributed by atoms with van der Waals surface area (Å²) >= 11 is 0. The minimum Gasteiger partial charge on any atom is -0.392 e. The van der Waals surface area contributed by atoms with Gasteiger partial charge in [-0.3, -0.25) is 0 Å². The largest absolute Gasteiger partial charge is 0.392 e. The quantitative estimate of drug-likeness (QED) is 0.708. The van der Waals surface area contributed by atoms with E-state index in [0.717, 1.165) is 6.42 Å². The topological polar surface area (TPSA) is 20.2 Å². The standard InChI is InChI=1S/C15H22O/c1-10-6-7-11-12(8-10)15(4,5)13(16)9-14(11,2)3/h6-8,13,16H,9H2,1-5H3. The van der Waals surface area contributed by atoms with E-state index < -0.39 is 0 Å². The second kappa shape index (κ2) is 3.33. The molecule has 2 rings (SSSR count). The lowest BCUT2D eigenvalue weighted by Crippen LogP contribution is -2.45. The summed E-state index contributed by atoms with van der Waals surface area (Å²) < 4.78 is 0. The fourth-order valence-electron chi connectivity index (χ4n) is 2.81. The highest BCUT2D eigenvalue weighted by atomic mass is 16.3. The van der Waals surface area contributed by atoms with Gasteiger partial charge >= 0.3 is 0 Å². The molecule has 1 aliphatic rings. The van der Waals surface area contributed by atoms with Gasteiger partial charge < -0.3 is 5.11 Å². The van der Waals surface area contributed by atoms with E-state index in [9.17, 15) is 5.11 Å². The molecule has 0 fully saturated rings. The maximum absolute atomic E-state index is 10.3. The minimum atomic E-state index is -0.253. The summed E-state index contributed by atoms with van der Waals surface area (Å²) in [5.41, 5.74) is 3.94. The third-order valence-electron chi connectivity index (χ3n) is 4.14. The van der Waals surface area contributed by atoms with Crippen LogP contribution in [0.2, 0.25) is 0 Å². The van der Waals surface area contributed by atoms with Crippen LogP contribution in [-0.2, 0) is 10.8 Å². The van der Waals surface area contributed by atoms with Crippen molar-refractivity contribution in [3.8, 4) is 0 Å². The Morgan fingerprint density at radius 2 is 1.75 bits per heavy atom. The Bertz CT molecular complexity index is 415. The number of hydrogen-bond donors (Lipinski definition) is 1. The lowest BCUT2D eigenvalue weighted by molar-refractivity contribution is 0.0583. The van der Waals surface area contributed by atoms with Gasteiger partial charge in [-0.15, -0.1) is 0 Å². The van der Waals surface area contributed by atoms with Crippen LogP contribution < -0.4 is 0 Å². The number of benzene rings is 1. The monoisotopic (exact) mass is 218 g/mol. The van der Waals surface area contributed by atoms with Crippen molar-refractivity contribution in [3.63, 3.8) is 0 Å². The Balaban J connectivity index is 2.68. The van der Waals surface area contributed by atoms with Gasteiger partial charge in [0, 0.05) is 5.41 Å². The van der Waals surface area contributed by atoms with Crippen LogP contribution >= 0.6 is 0 Å². The number of hydrogen-bond acceptors (Lipinski definition) is 1. The molecule has 1 aromatic carbocycles. The minimum absolute atomic E-state index is 0.0813. The molecule has 0 aromatic heterocycles. The van der Waals surface area contributed by atoms with Crippen molar-refractivity contribution < 1.29 is 5.11 Å². The first-order chi connectivity index (χ1) is 7.25. The molecule has 1 unspecified atom stereocenters. The average molecular weight is 218 g/mol. The third kappa shape index (κ3) is 1.58. The Labute approximate surface area is 98.5 Å². The molecular weight excluding hydrogens is 196 g/mol. The second-order valence-electron chi connectivity index (χ2n) is 6.37. The molecule has 0 heterocycles. The van der Waals surface area contributed by atoms with Gasteiger partial charge in [0.2, 0.25) is 0 Å². The molecule has 1 aromatic rings. The van der Waals surface area contributed by atoms with Crippen molar-refractivity contribution in [3.05, 3.63) is 34.9 Å². The highest BCUT2D eigenvalue weighted by molar-refractivity contribution is 5.44. The zero-order chi connectivity index (χ0) is 12.1. The summed E-state index contributed by atoms with van der Waals surface area (Å²) in [6, 6.07) is 6.64. The van der Waals surface area contributed by atoms with Crippen molar-refractivity contribution >= 4 is 0 Å². The summed E-state index contributed by atoms with van der Waals surface area (Å²) in [6.07, 6.45) is 0.590. The van der Waals surface area contributed by atoms with Crippen LogP contribution in [0.25, 0.3) is 0 Å². The Morgan fingerprint density at radius 3 is 2.38 bits per heavy atom. The van der Waals surface area contributed by atoms with Crippen LogP contribution in [0.15, 0.2) is 18.2 Å². The molecule has 1 N–H and O–H groups in total. The van der Waals surface area contributed by atoms with Gasteiger partial charge in [-0.25, -0.2) is 0 Å². The van der Waals surface area contributed by atoms with E-state index in [0.29, 0.717) is 0 Å². The lowest BCUT2D eigenvalue weighted by Gasteiger charge is -2.45. The zero-order valence-electron chi connectivity index (χ0n) is 11.0. The van der Waals surface area contributed by atoms with Gasteiger partial charge in [0.15, 0.2) is 0 Å². The number of rotatable bonds is 0. The van der Waals surface area contributed by atoms with E-state index in [1.807, 2.05) is 0 Å². The molecule has 0 aliphatic heterocycles. The lowest BCUT2D eigenvalue weighted by atomic mass is 9.61. The Kier molecular flexibility index (Phi) is 2.43. The molecule has 1 heteroatoms. The van der Waals surface area contributed by atoms with Crippen LogP contribution in [0, 0.1) is 6.92 Å². The second-order valence-corrected chi connectivity index (χ2v) is 6.37. The van der Waals surface area contributed by atoms with E-state index in [2.05, 4.69) is 52.8 Å². The number of aliphatic hydroxyl groups is 1. The van der Waals surface area contributed by atoms with E-state index in [4.69, 9.17) is 0 Å². The molecule has 0 amide bonds. The first-order valence-corrected chi connectivity index (χ1v) is 6.05. The van der Waals surface area contributed by atoms with Crippen molar-refractivity contribution in [2.24, 2.45) is 0 Å². The molecule has 1 atom stereocenters. The van der Waals surface area contributed by atoms with Crippen LogP contribution in [-0.4, -0.2) is 11.2 Å². The van der Waals surface area contributed by atoms with Gasteiger partial charge in [-0.1, -0.05) is 51.5 Å². The highest BCUT2D eigenvalue weighted by Gasteiger charge is 2.43. The fourth-order valence-corrected chi connectivity index (χ4v) is 2.81. The molecule has 1 nitrogen and oxygen atoms in total. The normalized spacial score (nSPS) is 26.2. The van der Waals surface area contributed by atoms with Gasteiger partial charge in [-0.05, 0) is 29.9 Å². The SMILES string of the molecule is Cc1ccc2c(c1)C(C)(C)C(O)CC2(C)C. The van der Waals surface area contributed by atoms with Crippen molar-refractivity contribution in [1.82, 2.24) is 0 Å². The van der Waals surface area contributed by atoms with Crippen LogP contribution in [0.3, 0.4) is 0 Å². The van der Waals surface area contributed by atoms with Crippen molar-refractivity contribution in [2.75, 3.05) is 0 Å². The summed E-state index contributed by atoms with van der Waals surface area (Å²) in [5, 5.41) is 10.3. The highest BCUT2D eigenvalue weighted by Crippen LogP contribution is 2.45. The summed E-state index contributed by atoms with van der Waals surface area (Å²) in [5.74, 6) is 0. The maximum atomic E-state index is 10.3. The van der Waals surface area contributed by atoms with Gasteiger partial charge in [0.05, 0.1) is 6.10 Å². The molecule has 0 spiro atoms. The van der Waals surface area contributed by atoms with E-state index in [1.165, 1.54) is 16.7 Å². The van der Waals surface area contributed by atoms with Crippen LogP contribution in [0.5, 0.6) is 0 Å². The van der Waals surface area contributed by atoms with Gasteiger partial charge in [0.25, 0.3) is 0 Å². The average Bonchev–Trinajstić information content (AvgIpc) is 2.14. The van der Waals surface area contributed by atoms with E-state index in [1.54, 1.807) is 0 Å². The third-order valence-corrected chi connectivity index (χ3v) is 4.14. The summed E-state index contributed by atoms with van der Waals surface area (Å²) in [6.45, 7) is 10.8. The smallest absolute Gasteiger partial charge is 0.0639 e. The Hall–Kier alpha value is -0.820. The predicted molar refractivity (Wildman–Crippen MR) is 67.9 cm³/mol. The Morgan fingerprint density at radius 1 is 1.12 bits per heavy atom. The molecule has 16 heavy (non-hydrogen) atoms. The first-order valence-electron chi connectivity index (χ1n) is 6.05. The molecule has 0 saturated heterocycles. The van der Waals surface area contributed by atoms with Crippen molar-refractivity contribution in [1.29, 1.82) is 0 Å². The van der Waals surface area contributed by atoms with Gasteiger partial charge in [-0.2, -0.15) is 0 Å². The molecule has 0 radical (unpaired) electrons. The first kappa shape index (κ1) is 11.7. The molecule has 88 valence electrons. The number of aryl methyl sites for hydroxylation is 1. The van der Waals surface area contributed by atoms with E-state index in [-0.39, 0.29) is 16.9 Å². The molecular formula is C15H22O. The summed E-state index contributed by atoms with van der Waals surface area (Å²) in [7, 11) is 0. The molecule has 0 bridgehead atoms. The van der Waals surface area contributed by atoms with Crippen LogP contribution in [0.1, 0.15) is 50.8 Å². The van der Waals surface area contributed by atoms with E-state index >= 15 is 0 Å². The molecule has 0 saturated carbocycles.